The largest absolute Gasteiger partial charge is 0.495 e. The maximum atomic E-state index is 6.15. The summed E-state index contributed by atoms with van der Waals surface area (Å²) < 4.78 is 5.28. The first-order valence-corrected chi connectivity index (χ1v) is 6.50. The summed E-state index contributed by atoms with van der Waals surface area (Å²) in [5.74, 6) is 0.782. The Hall–Kier alpha value is -1.38. The maximum Gasteiger partial charge on any atom is 0.143 e. The van der Waals surface area contributed by atoms with E-state index in [1.165, 1.54) is 32.1 Å². The Kier molecular flexibility index (Phi) is 4.13. The molecule has 1 aliphatic heterocycles. The number of anilines is 2. The third-order valence-electron chi connectivity index (χ3n) is 3.46. The molecular weight excluding hydrogens is 212 g/mol. The minimum absolute atomic E-state index is 0.774. The standard InChI is InChI=1S/C14H22N2O/c1-17-13-9-7-8-12(14(13)15)16-10-5-3-2-4-6-11-16/h7-9H,2-6,10-11,15H2,1H3. The number of benzene rings is 1. The molecule has 1 fully saturated rings. The molecule has 2 N–H and O–H groups in total. The van der Waals surface area contributed by atoms with E-state index in [1.54, 1.807) is 7.11 Å². The van der Waals surface area contributed by atoms with E-state index in [0.717, 1.165) is 30.2 Å². The van der Waals surface area contributed by atoms with Gasteiger partial charge in [-0.25, -0.2) is 0 Å². The van der Waals surface area contributed by atoms with Crippen LogP contribution in [-0.2, 0) is 0 Å². The summed E-state index contributed by atoms with van der Waals surface area (Å²) >= 11 is 0. The lowest BCUT2D eigenvalue weighted by molar-refractivity contribution is 0.417. The number of para-hydroxylation sites is 1. The molecule has 0 aliphatic carbocycles. The molecule has 0 bridgehead atoms. The highest BCUT2D eigenvalue weighted by Crippen LogP contribution is 2.32. The monoisotopic (exact) mass is 234 g/mol. The van der Waals surface area contributed by atoms with Gasteiger partial charge in [-0.3, -0.25) is 0 Å². The fourth-order valence-corrected chi connectivity index (χ4v) is 2.47. The Balaban J connectivity index is 2.19. The molecule has 3 heteroatoms. The van der Waals surface area contributed by atoms with Gasteiger partial charge in [-0.2, -0.15) is 0 Å². The highest BCUT2D eigenvalue weighted by molar-refractivity contribution is 5.74. The highest BCUT2D eigenvalue weighted by atomic mass is 16.5. The van der Waals surface area contributed by atoms with Crippen molar-refractivity contribution in [3.05, 3.63) is 18.2 Å². The topological polar surface area (TPSA) is 38.5 Å². The summed E-state index contributed by atoms with van der Waals surface area (Å²) in [4.78, 5) is 2.40. The van der Waals surface area contributed by atoms with Gasteiger partial charge in [-0.05, 0) is 25.0 Å². The van der Waals surface area contributed by atoms with Crippen molar-refractivity contribution in [1.82, 2.24) is 0 Å². The van der Waals surface area contributed by atoms with Crippen molar-refractivity contribution in [1.29, 1.82) is 0 Å². The van der Waals surface area contributed by atoms with Crippen LogP contribution in [0.15, 0.2) is 18.2 Å². The van der Waals surface area contributed by atoms with Gasteiger partial charge in [-0.1, -0.05) is 25.3 Å². The Labute approximate surface area is 104 Å². The van der Waals surface area contributed by atoms with E-state index in [0.29, 0.717) is 0 Å². The van der Waals surface area contributed by atoms with Crippen LogP contribution in [0, 0.1) is 0 Å². The molecular formula is C14H22N2O. The molecule has 0 atom stereocenters. The van der Waals surface area contributed by atoms with Crippen molar-refractivity contribution < 1.29 is 4.74 Å². The summed E-state index contributed by atoms with van der Waals surface area (Å²) in [6.45, 7) is 2.22. The summed E-state index contributed by atoms with van der Waals surface area (Å²) in [6.07, 6.45) is 6.56. The lowest BCUT2D eigenvalue weighted by Crippen LogP contribution is -2.27. The number of methoxy groups -OCH3 is 1. The molecule has 0 amide bonds. The van der Waals surface area contributed by atoms with Crippen LogP contribution >= 0.6 is 0 Å². The molecule has 0 unspecified atom stereocenters. The normalized spacial score (nSPS) is 17.4. The van der Waals surface area contributed by atoms with Crippen LogP contribution < -0.4 is 15.4 Å². The van der Waals surface area contributed by atoms with Crippen molar-refractivity contribution in [2.75, 3.05) is 30.8 Å². The number of nitrogens with zero attached hydrogens (tertiary/aromatic N) is 1. The Bertz CT molecular complexity index is 357. The van der Waals surface area contributed by atoms with Crippen LogP contribution in [0.3, 0.4) is 0 Å². The molecule has 0 saturated carbocycles. The zero-order valence-electron chi connectivity index (χ0n) is 10.6. The lowest BCUT2D eigenvalue weighted by atomic mass is 10.1. The lowest BCUT2D eigenvalue weighted by Gasteiger charge is -2.28. The van der Waals surface area contributed by atoms with E-state index in [9.17, 15) is 0 Å². The first kappa shape index (κ1) is 12.1. The van der Waals surface area contributed by atoms with Gasteiger partial charge in [0.15, 0.2) is 0 Å². The smallest absolute Gasteiger partial charge is 0.143 e. The van der Waals surface area contributed by atoms with Crippen molar-refractivity contribution >= 4 is 11.4 Å². The molecule has 0 radical (unpaired) electrons. The zero-order chi connectivity index (χ0) is 12.1. The molecule has 1 aliphatic rings. The van der Waals surface area contributed by atoms with Crippen molar-refractivity contribution in [3.8, 4) is 5.75 Å². The predicted molar refractivity (Wildman–Crippen MR) is 72.7 cm³/mol. The SMILES string of the molecule is COc1cccc(N2CCCCCCC2)c1N. The van der Waals surface area contributed by atoms with Crippen molar-refractivity contribution in [3.63, 3.8) is 0 Å². The van der Waals surface area contributed by atoms with E-state index in [1.807, 2.05) is 12.1 Å². The Morgan fingerprint density at radius 3 is 2.35 bits per heavy atom. The quantitative estimate of drug-likeness (QED) is 0.799. The van der Waals surface area contributed by atoms with E-state index >= 15 is 0 Å². The van der Waals surface area contributed by atoms with E-state index in [4.69, 9.17) is 10.5 Å². The van der Waals surface area contributed by atoms with Crippen LogP contribution in [0.2, 0.25) is 0 Å². The second kappa shape index (κ2) is 5.80. The Morgan fingerprint density at radius 1 is 1.06 bits per heavy atom. The van der Waals surface area contributed by atoms with E-state index in [-0.39, 0.29) is 0 Å². The van der Waals surface area contributed by atoms with Gasteiger partial charge < -0.3 is 15.4 Å². The molecule has 3 nitrogen and oxygen atoms in total. The summed E-state index contributed by atoms with van der Waals surface area (Å²) in [5, 5.41) is 0. The van der Waals surface area contributed by atoms with Crippen LogP contribution in [0.25, 0.3) is 0 Å². The fourth-order valence-electron chi connectivity index (χ4n) is 2.47. The minimum Gasteiger partial charge on any atom is -0.495 e. The summed E-state index contributed by atoms with van der Waals surface area (Å²) in [5.41, 5.74) is 8.05. The molecule has 1 heterocycles. The van der Waals surface area contributed by atoms with Gasteiger partial charge in [-0.15, -0.1) is 0 Å². The first-order valence-electron chi connectivity index (χ1n) is 6.50. The van der Waals surface area contributed by atoms with Gasteiger partial charge >= 0.3 is 0 Å². The molecule has 17 heavy (non-hydrogen) atoms. The summed E-state index contributed by atoms with van der Waals surface area (Å²) in [7, 11) is 1.67. The number of hydrogen-bond donors (Lipinski definition) is 1. The third-order valence-corrected chi connectivity index (χ3v) is 3.46. The molecule has 1 saturated heterocycles. The number of rotatable bonds is 2. The van der Waals surface area contributed by atoms with Gasteiger partial charge in [0, 0.05) is 13.1 Å². The van der Waals surface area contributed by atoms with E-state index < -0.39 is 0 Å². The van der Waals surface area contributed by atoms with Gasteiger partial charge in [0.1, 0.15) is 5.75 Å². The average Bonchev–Trinajstić information content (AvgIpc) is 2.30. The van der Waals surface area contributed by atoms with E-state index in [2.05, 4.69) is 11.0 Å². The van der Waals surface area contributed by atoms with Crippen molar-refractivity contribution in [2.45, 2.75) is 32.1 Å². The molecule has 94 valence electrons. The number of hydrogen-bond acceptors (Lipinski definition) is 3. The second-order valence-electron chi connectivity index (χ2n) is 4.65. The van der Waals surface area contributed by atoms with Crippen LogP contribution in [-0.4, -0.2) is 20.2 Å². The summed E-state index contributed by atoms with van der Waals surface area (Å²) in [6, 6.07) is 6.03. The van der Waals surface area contributed by atoms with Gasteiger partial charge in [0.05, 0.1) is 18.5 Å². The number of nitrogen functional groups attached to an aromatic ring is 1. The van der Waals surface area contributed by atoms with Crippen LogP contribution in [0.4, 0.5) is 11.4 Å². The molecule has 0 spiro atoms. The Morgan fingerprint density at radius 2 is 1.71 bits per heavy atom. The third kappa shape index (κ3) is 2.84. The van der Waals surface area contributed by atoms with Gasteiger partial charge in [0.25, 0.3) is 0 Å². The molecule has 1 aromatic carbocycles. The molecule has 1 aromatic rings. The number of nitrogens with two attached hydrogens (primary N) is 1. The van der Waals surface area contributed by atoms with Crippen LogP contribution in [0.1, 0.15) is 32.1 Å². The maximum absolute atomic E-state index is 6.15. The fraction of sp³-hybridized carbons (Fsp3) is 0.571. The predicted octanol–water partition coefficient (Wildman–Crippen LogP) is 3.05. The number of ether oxygens (including phenoxy) is 1. The van der Waals surface area contributed by atoms with Crippen LogP contribution in [0.5, 0.6) is 5.75 Å². The second-order valence-corrected chi connectivity index (χ2v) is 4.65. The molecule has 0 aromatic heterocycles. The molecule has 2 rings (SSSR count). The van der Waals surface area contributed by atoms with Gasteiger partial charge in [0.2, 0.25) is 0 Å². The zero-order valence-corrected chi connectivity index (χ0v) is 10.6. The highest BCUT2D eigenvalue weighted by Gasteiger charge is 2.13. The average molecular weight is 234 g/mol. The minimum atomic E-state index is 0.774. The van der Waals surface area contributed by atoms with Crippen molar-refractivity contribution in [2.24, 2.45) is 0 Å². The first-order chi connectivity index (χ1) is 8.33.